The van der Waals surface area contributed by atoms with Crippen LogP contribution in [0.2, 0.25) is 5.15 Å². The van der Waals surface area contributed by atoms with Crippen LogP contribution in [-0.2, 0) is 15.1 Å². The Kier molecular flexibility index (Phi) is 3.75. The summed E-state index contributed by atoms with van der Waals surface area (Å²) >= 11 is 6.04. The lowest BCUT2D eigenvalue weighted by atomic mass is 9.97. The van der Waals surface area contributed by atoms with E-state index >= 15 is 0 Å². The molecule has 0 spiro atoms. The summed E-state index contributed by atoms with van der Waals surface area (Å²) in [6.45, 7) is 3.22. The van der Waals surface area contributed by atoms with Gasteiger partial charge in [-0.2, -0.15) is 5.10 Å². The van der Waals surface area contributed by atoms with E-state index in [1.807, 2.05) is 19.1 Å². The molecule has 0 bridgehead atoms. The minimum Gasteiger partial charge on any atom is -0.378 e. The van der Waals surface area contributed by atoms with Crippen molar-refractivity contribution in [3.05, 3.63) is 47.0 Å². The highest BCUT2D eigenvalue weighted by atomic mass is 35.5. The lowest BCUT2D eigenvalue weighted by molar-refractivity contribution is -0.0246. The minimum atomic E-state index is -0.497. The van der Waals surface area contributed by atoms with E-state index in [1.54, 1.807) is 30.3 Å². The first-order chi connectivity index (χ1) is 11.6. The number of rotatable bonds is 3. The van der Waals surface area contributed by atoms with E-state index in [0.717, 1.165) is 34.4 Å². The largest absolute Gasteiger partial charge is 0.378 e. The molecule has 3 aromatic rings. The van der Waals surface area contributed by atoms with Crippen LogP contribution in [-0.4, -0.2) is 40.1 Å². The molecule has 1 fully saturated rings. The van der Waals surface area contributed by atoms with Crippen LogP contribution in [0.15, 0.2) is 30.6 Å². The molecule has 0 aliphatic carbocycles. The van der Waals surface area contributed by atoms with E-state index in [4.69, 9.17) is 26.1 Å². The molecule has 0 aromatic carbocycles. The number of aromatic nitrogens is 4. The van der Waals surface area contributed by atoms with E-state index in [9.17, 15) is 0 Å². The average Bonchev–Trinajstić information content (AvgIpc) is 3.21. The molecule has 1 aliphatic heterocycles. The summed E-state index contributed by atoms with van der Waals surface area (Å²) in [6, 6.07) is 5.82. The summed E-state index contributed by atoms with van der Waals surface area (Å²) < 4.78 is 13.1. The Hall–Kier alpha value is -2.02. The van der Waals surface area contributed by atoms with Gasteiger partial charge < -0.3 is 9.47 Å². The molecule has 124 valence electrons. The Labute approximate surface area is 144 Å². The molecule has 4 heterocycles. The predicted molar refractivity (Wildman–Crippen MR) is 90.5 cm³/mol. The molecule has 7 heteroatoms. The lowest BCUT2D eigenvalue weighted by Crippen LogP contribution is -2.30. The van der Waals surface area contributed by atoms with Gasteiger partial charge >= 0.3 is 0 Å². The van der Waals surface area contributed by atoms with Crippen LogP contribution in [0.25, 0.3) is 16.7 Å². The second kappa shape index (κ2) is 5.81. The van der Waals surface area contributed by atoms with Gasteiger partial charge in [0.25, 0.3) is 0 Å². The van der Waals surface area contributed by atoms with Crippen LogP contribution in [0.4, 0.5) is 0 Å². The van der Waals surface area contributed by atoms with Gasteiger partial charge in [-0.3, -0.25) is 0 Å². The fraction of sp³-hybridized carbons (Fsp3) is 0.353. The number of aryl methyl sites for hydroxylation is 1. The zero-order valence-electron chi connectivity index (χ0n) is 13.5. The number of ether oxygens (including phenoxy) is 2. The summed E-state index contributed by atoms with van der Waals surface area (Å²) in [6.07, 6.45) is 4.25. The number of methoxy groups -OCH3 is 1. The van der Waals surface area contributed by atoms with E-state index in [2.05, 4.69) is 10.1 Å². The zero-order valence-corrected chi connectivity index (χ0v) is 14.2. The number of pyridine rings is 2. The molecule has 0 radical (unpaired) electrons. The fourth-order valence-electron chi connectivity index (χ4n) is 3.08. The average molecular weight is 345 g/mol. The lowest BCUT2D eigenvalue weighted by Gasteiger charge is -2.26. The number of hydrogen-bond acceptors (Lipinski definition) is 5. The molecule has 24 heavy (non-hydrogen) atoms. The van der Waals surface area contributed by atoms with Gasteiger partial charge in [0.05, 0.1) is 24.0 Å². The molecule has 0 saturated carbocycles. The number of hydrogen-bond donors (Lipinski definition) is 0. The first-order valence-corrected chi connectivity index (χ1v) is 8.11. The molecule has 1 atom stereocenters. The van der Waals surface area contributed by atoms with E-state index < -0.39 is 5.60 Å². The maximum atomic E-state index is 6.04. The van der Waals surface area contributed by atoms with Gasteiger partial charge in [0.1, 0.15) is 10.8 Å². The Morgan fingerprint density at radius 2 is 2.17 bits per heavy atom. The van der Waals surface area contributed by atoms with Crippen molar-refractivity contribution >= 4 is 22.5 Å². The standard InChI is InChI=1S/C17H17ClN4O2/c1-11-5-14(17(23-2)3-4-24-10-17)21-16(6-11)22-13-7-15(18)19-8-12(13)9-20-22/h5-9H,3-4,10H2,1-2H3/t17-/m1/s1. The summed E-state index contributed by atoms with van der Waals surface area (Å²) in [5, 5.41) is 5.79. The van der Waals surface area contributed by atoms with Gasteiger partial charge in [0.15, 0.2) is 5.82 Å². The molecule has 1 saturated heterocycles. The van der Waals surface area contributed by atoms with Crippen molar-refractivity contribution in [1.29, 1.82) is 0 Å². The zero-order chi connectivity index (χ0) is 16.7. The first-order valence-electron chi connectivity index (χ1n) is 7.73. The normalized spacial score (nSPS) is 20.8. The van der Waals surface area contributed by atoms with Crippen molar-refractivity contribution in [1.82, 2.24) is 19.7 Å². The van der Waals surface area contributed by atoms with E-state index in [1.165, 1.54) is 0 Å². The molecular formula is C17H17ClN4O2. The molecule has 6 nitrogen and oxygen atoms in total. The highest BCUT2D eigenvalue weighted by Crippen LogP contribution is 2.34. The third-order valence-electron chi connectivity index (χ3n) is 4.44. The molecule has 4 rings (SSSR count). The van der Waals surface area contributed by atoms with Crippen molar-refractivity contribution in [3.63, 3.8) is 0 Å². The summed E-state index contributed by atoms with van der Waals surface area (Å²) in [7, 11) is 1.70. The minimum absolute atomic E-state index is 0.426. The smallest absolute Gasteiger partial charge is 0.154 e. The molecule has 0 amide bonds. The van der Waals surface area contributed by atoms with Crippen molar-refractivity contribution < 1.29 is 9.47 Å². The van der Waals surface area contributed by atoms with Gasteiger partial charge in [-0.15, -0.1) is 0 Å². The summed E-state index contributed by atoms with van der Waals surface area (Å²) in [4.78, 5) is 8.90. The van der Waals surface area contributed by atoms with E-state index in [-0.39, 0.29) is 0 Å². The van der Waals surface area contributed by atoms with Crippen LogP contribution in [0.1, 0.15) is 17.7 Å². The van der Waals surface area contributed by atoms with Gasteiger partial charge in [-0.1, -0.05) is 11.6 Å². The Morgan fingerprint density at radius 1 is 1.29 bits per heavy atom. The maximum absolute atomic E-state index is 6.04. The van der Waals surface area contributed by atoms with Crippen LogP contribution in [0.5, 0.6) is 0 Å². The molecular weight excluding hydrogens is 328 g/mol. The topological polar surface area (TPSA) is 62.1 Å². The van der Waals surface area contributed by atoms with Crippen LogP contribution in [0, 0.1) is 6.92 Å². The maximum Gasteiger partial charge on any atom is 0.154 e. The Morgan fingerprint density at radius 3 is 2.92 bits per heavy atom. The van der Waals surface area contributed by atoms with Crippen LogP contribution >= 0.6 is 11.6 Å². The monoisotopic (exact) mass is 344 g/mol. The predicted octanol–water partition coefficient (Wildman–Crippen LogP) is 3.04. The van der Waals surface area contributed by atoms with Crippen LogP contribution in [0.3, 0.4) is 0 Å². The highest BCUT2D eigenvalue weighted by molar-refractivity contribution is 6.30. The second-order valence-electron chi connectivity index (χ2n) is 6.01. The highest BCUT2D eigenvalue weighted by Gasteiger charge is 2.38. The number of fused-ring (bicyclic) bond motifs is 1. The fourth-order valence-corrected chi connectivity index (χ4v) is 3.24. The number of nitrogens with zero attached hydrogens (tertiary/aromatic N) is 4. The van der Waals surface area contributed by atoms with Crippen molar-refractivity contribution in [2.24, 2.45) is 0 Å². The third kappa shape index (κ3) is 2.47. The molecule has 0 unspecified atom stereocenters. The molecule has 0 N–H and O–H groups in total. The number of halogens is 1. The summed E-state index contributed by atoms with van der Waals surface area (Å²) in [5.41, 5.74) is 2.32. The van der Waals surface area contributed by atoms with Crippen molar-refractivity contribution in [3.8, 4) is 5.82 Å². The Balaban J connectivity index is 1.88. The van der Waals surface area contributed by atoms with Crippen LogP contribution < -0.4 is 0 Å². The van der Waals surface area contributed by atoms with E-state index in [0.29, 0.717) is 18.4 Å². The van der Waals surface area contributed by atoms with Crippen molar-refractivity contribution in [2.75, 3.05) is 20.3 Å². The second-order valence-corrected chi connectivity index (χ2v) is 6.40. The SMILES string of the molecule is CO[C@]1(c2cc(C)cc(-n3ncc4cnc(Cl)cc43)n2)CCOC1. The van der Waals surface area contributed by atoms with Gasteiger partial charge in [0.2, 0.25) is 0 Å². The molecule has 1 aliphatic rings. The third-order valence-corrected chi connectivity index (χ3v) is 4.64. The van der Waals surface area contributed by atoms with Gasteiger partial charge in [-0.05, 0) is 24.6 Å². The quantitative estimate of drug-likeness (QED) is 0.683. The van der Waals surface area contributed by atoms with Gasteiger partial charge in [0, 0.05) is 37.8 Å². The first kappa shape index (κ1) is 15.5. The van der Waals surface area contributed by atoms with Gasteiger partial charge in [-0.25, -0.2) is 14.6 Å². The Bertz CT molecular complexity index is 903. The van der Waals surface area contributed by atoms with Crippen molar-refractivity contribution in [2.45, 2.75) is 18.9 Å². The molecule has 3 aromatic heterocycles. The summed E-state index contributed by atoms with van der Waals surface area (Å²) in [5.74, 6) is 0.727.